The Balaban J connectivity index is 1.90. The number of hydrogen-bond acceptors (Lipinski definition) is 6. The number of ether oxygens (including phenoxy) is 1. The Morgan fingerprint density at radius 2 is 1.94 bits per heavy atom. The van der Waals surface area contributed by atoms with Crippen molar-refractivity contribution in [1.29, 1.82) is 5.26 Å². The van der Waals surface area contributed by atoms with Crippen LogP contribution in [0.25, 0.3) is 17.4 Å². The van der Waals surface area contributed by atoms with Gasteiger partial charge in [-0.3, -0.25) is 14.9 Å². The van der Waals surface area contributed by atoms with Crippen molar-refractivity contribution in [2.45, 2.75) is 0 Å². The molecule has 156 valence electrons. The monoisotopic (exact) mass is 457 g/mol. The number of para-hydroxylation sites is 1. The lowest BCUT2D eigenvalue weighted by atomic mass is 10.1. The first kappa shape index (κ1) is 21.9. The summed E-state index contributed by atoms with van der Waals surface area (Å²) < 4.78 is 10.6. The molecule has 1 N–H and O–H groups in total. The Morgan fingerprint density at radius 1 is 1.23 bits per heavy atom. The van der Waals surface area contributed by atoms with E-state index >= 15 is 0 Å². The summed E-state index contributed by atoms with van der Waals surface area (Å²) in [6.07, 6.45) is 1.21. The second-order valence-corrected chi connectivity index (χ2v) is 6.88. The Morgan fingerprint density at radius 3 is 2.55 bits per heavy atom. The first-order valence-electron chi connectivity index (χ1n) is 8.64. The van der Waals surface area contributed by atoms with Crippen LogP contribution in [0.5, 0.6) is 5.75 Å². The van der Waals surface area contributed by atoms with E-state index < -0.39 is 10.8 Å². The average Bonchev–Trinajstić information content (AvgIpc) is 3.22. The number of anilines is 1. The molecule has 0 aliphatic rings. The van der Waals surface area contributed by atoms with E-state index in [-0.39, 0.29) is 44.1 Å². The number of nitro benzene ring substituents is 1. The summed E-state index contributed by atoms with van der Waals surface area (Å²) >= 11 is 12.1. The van der Waals surface area contributed by atoms with Gasteiger partial charge in [-0.25, -0.2) is 0 Å². The van der Waals surface area contributed by atoms with E-state index in [2.05, 4.69) is 5.32 Å². The molecule has 0 spiro atoms. The summed E-state index contributed by atoms with van der Waals surface area (Å²) in [5, 5.41) is 23.7. The minimum atomic E-state index is -0.745. The zero-order valence-electron chi connectivity index (χ0n) is 15.9. The Kier molecular flexibility index (Phi) is 6.60. The fourth-order valence-corrected chi connectivity index (χ4v) is 3.15. The van der Waals surface area contributed by atoms with Crippen LogP contribution in [0.4, 0.5) is 11.4 Å². The lowest BCUT2D eigenvalue weighted by Gasteiger charge is -2.08. The van der Waals surface area contributed by atoms with Crippen molar-refractivity contribution in [2.24, 2.45) is 0 Å². The number of carbonyl (C=O) groups is 1. The summed E-state index contributed by atoms with van der Waals surface area (Å²) in [6.45, 7) is 0. The number of nitro groups is 1. The van der Waals surface area contributed by atoms with Crippen molar-refractivity contribution >= 4 is 46.6 Å². The zero-order valence-corrected chi connectivity index (χ0v) is 17.4. The molecule has 0 saturated heterocycles. The van der Waals surface area contributed by atoms with Crippen molar-refractivity contribution in [3.63, 3.8) is 0 Å². The van der Waals surface area contributed by atoms with E-state index in [0.717, 1.165) is 0 Å². The molecule has 10 heteroatoms. The van der Waals surface area contributed by atoms with Gasteiger partial charge in [0.15, 0.2) is 0 Å². The van der Waals surface area contributed by atoms with Crippen molar-refractivity contribution in [2.75, 3.05) is 12.4 Å². The Labute approximate surface area is 186 Å². The number of amides is 1. The second-order valence-electron chi connectivity index (χ2n) is 6.06. The molecule has 0 radical (unpaired) electrons. The number of rotatable bonds is 6. The molecule has 3 rings (SSSR count). The Bertz CT molecular complexity index is 1220. The molecule has 3 aromatic rings. The first-order chi connectivity index (χ1) is 14.8. The summed E-state index contributed by atoms with van der Waals surface area (Å²) in [6, 6.07) is 13.8. The number of methoxy groups -OCH3 is 1. The maximum atomic E-state index is 12.5. The number of hydrogen-bond donors (Lipinski definition) is 1. The Hall–Kier alpha value is -3.80. The number of benzene rings is 2. The maximum Gasteiger partial charge on any atom is 0.284 e. The summed E-state index contributed by atoms with van der Waals surface area (Å²) in [7, 11) is 1.40. The molecule has 1 amide bonds. The molecule has 8 nitrogen and oxygen atoms in total. The maximum absolute atomic E-state index is 12.5. The van der Waals surface area contributed by atoms with Gasteiger partial charge in [-0.15, -0.1) is 0 Å². The minimum Gasteiger partial charge on any atom is -0.497 e. The lowest BCUT2D eigenvalue weighted by molar-refractivity contribution is -0.384. The van der Waals surface area contributed by atoms with Gasteiger partial charge in [-0.05, 0) is 36.4 Å². The van der Waals surface area contributed by atoms with E-state index in [1.165, 1.54) is 37.5 Å². The van der Waals surface area contributed by atoms with E-state index in [1.807, 2.05) is 0 Å². The molecule has 0 aliphatic heterocycles. The number of nitrogens with one attached hydrogen (secondary N) is 1. The van der Waals surface area contributed by atoms with Gasteiger partial charge < -0.3 is 14.5 Å². The number of halogens is 2. The third-order valence-corrected chi connectivity index (χ3v) is 4.78. The zero-order chi connectivity index (χ0) is 22.5. The van der Waals surface area contributed by atoms with Crippen LogP contribution in [0.2, 0.25) is 10.0 Å². The molecular formula is C21H13Cl2N3O5. The number of nitriles is 1. The fourth-order valence-electron chi connectivity index (χ4n) is 2.66. The normalized spacial score (nSPS) is 11.0. The summed E-state index contributed by atoms with van der Waals surface area (Å²) in [5.41, 5.74) is -0.0980. The number of carbonyl (C=O) groups excluding carboxylic acids is 1. The van der Waals surface area contributed by atoms with Crippen LogP contribution in [0.3, 0.4) is 0 Å². The predicted octanol–water partition coefficient (Wildman–Crippen LogP) is 5.72. The molecule has 0 fully saturated rings. The second kappa shape index (κ2) is 9.34. The van der Waals surface area contributed by atoms with Crippen LogP contribution in [-0.4, -0.2) is 17.9 Å². The van der Waals surface area contributed by atoms with Crippen molar-refractivity contribution in [3.05, 3.63) is 80.0 Å². The van der Waals surface area contributed by atoms with E-state index in [4.69, 9.17) is 32.4 Å². The van der Waals surface area contributed by atoms with Gasteiger partial charge in [0.05, 0.1) is 39.4 Å². The molecule has 0 unspecified atom stereocenters. The third kappa shape index (κ3) is 4.86. The number of nitrogens with zero attached hydrogens (tertiary/aromatic N) is 2. The standard InChI is InChI=1S/C21H13Cl2N3O5/c1-30-13-5-7-15(18(10-13)26(28)29)19-8-6-14(31-19)9-12(11-24)21(27)25-20-16(22)3-2-4-17(20)23/h2-10H,1H3,(H,25,27)/b12-9+. The molecule has 1 heterocycles. The van der Waals surface area contributed by atoms with Crippen LogP contribution in [-0.2, 0) is 4.79 Å². The molecule has 1 aromatic heterocycles. The van der Waals surface area contributed by atoms with E-state index in [0.29, 0.717) is 5.75 Å². The quantitative estimate of drug-likeness (QED) is 0.219. The molecular weight excluding hydrogens is 445 g/mol. The number of furan rings is 1. The van der Waals surface area contributed by atoms with Crippen molar-refractivity contribution in [3.8, 4) is 23.1 Å². The minimum absolute atomic E-state index is 0.150. The van der Waals surface area contributed by atoms with Crippen LogP contribution in [0.1, 0.15) is 5.76 Å². The van der Waals surface area contributed by atoms with E-state index in [1.54, 1.807) is 30.3 Å². The first-order valence-corrected chi connectivity index (χ1v) is 9.39. The van der Waals surface area contributed by atoms with Gasteiger partial charge in [-0.2, -0.15) is 5.26 Å². The van der Waals surface area contributed by atoms with E-state index in [9.17, 15) is 20.2 Å². The predicted molar refractivity (Wildman–Crippen MR) is 116 cm³/mol. The largest absolute Gasteiger partial charge is 0.497 e. The van der Waals surface area contributed by atoms with Crippen molar-refractivity contribution < 1.29 is 18.9 Å². The SMILES string of the molecule is COc1ccc(-c2ccc(/C=C(\C#N)C(=O)Nc3c(Cl)cccc3Cl)o2)c([N+](=O)[O-])c1. The molecule has 0 saturated carbocycles. The van der Waals surface area contributed by atoms with Gasteiger partial charge in [0.2, 0.25) is 0 Å². The fraction of sp³-hybridized carbons (Fsp3) is 0.0476. The van der Waals surface area contributed by atoms with Gasteiger partial charge in [0.25, 0.3) is 11.6 Å². The van der Waals surface area contributed by atoms with Gasteiger partial charge in [0.1, 0.15) is 28.9 Å². The highest BCUT2D eigenvalue weighted by molar-refractivity contribution is 6.40. The third-order valence-electron chi connectivity index (χ3n) is 4.15. The van der Waals surface area contributed by atoms with Gasteiger partial charge >= 0.3 is 0 Å². The van der Waals surface area contributed by atoms with Crippen molar-refractivity contribution in [1.82, 2.24) is 0 Å². The van der Waals surface area contributed by atoms with Crippen LogP contribution < -0.4 is 10.1 Å². The topological polar surface area (TPSA) is 118 Å². The molecule has 0 atom stereocenters. The molecule has 31 heavy (non-hydrogen) atoms. The van der Waals surface area contributed by atoms with Gasteiger partial charge in [-0.1, -0.05) is 29.3 Å². The summed E-state index contributed by atoms with van der Waals surface area (Å²) in [4.78, 5) is 23.3. The molecule has 0 bridgehead atoms. The highest BCUT2D eigenvalue weighted by atomic mass is 35.5. The molecule has 2 aromatic carbocycles. The highest BCUT2D eigenvalue weighted by Gasteiger charge is 2.20. The molecule has 0 aliphatic carbocycles. The summed E-state index contributed by atoms with van der Waals surface area (Å²) in [5.74, 6) is -0.0841. The average molecular weight is 458 g/mol. The van der Waals surface area contributed by atoms with Gasteiger partial charge in [0, 0.05) is 6.08 Å². The highest BCUT2D eigenvalue weighted by Crippen LogP contribution is 2.35. The van der Waals surface area contributed by atoms with Crippen LogP contribution >= 0.6 is 23.2 Å². The lowest BCUT2D eigenvalue weighted by Crippen LogP contribution is -2.14. The van der Waals surface area contributed by atoms with Crippen LogP contribution in [0.15, 0.2) is 58.5 Å². The van der Waals surface area contributed by atoms with Crippen LogP contribution in [0, 0.1) is 21.4 Å². The smallest absolute Gasteiger partial charge is 0.284 e.